The zero-order valence-corrected chi connectivity index (χ0v) is 10.5. The van der Waals surface area contributed by atoms with Crippen LogP contribution in [0.1, 0.15) is 12.5 Å². The number of aliphatic carboxylic acids is 1. The Kier molecular flexibility index (Phi) is 3.23. The largest absolute Gasteiger partial charge is 0.481 e. The summed E-state index contributed by atoms with van der Waals surface area (Å²) in [7, 11) is 1.75. The standard InChI is InChI=1S/C13H16N2O3/c1-9-8-15(14(2)13(9)18)11-5-3-10(4-6-11)7-12(16)17/h3-6,9H,7-8H2,1-2H3,(H,16,17). The third-order valence-corrected chi connectivity index (χ3v) is 3.14. The molecule has 0 aliphatic carbocycles. The molecule has 5 nitrogen and oxygen atoms in total. The Bertz CT molecular complexity index is 470. The van der Waals surface area contributed by atoms with Gasteiger partial charge in [-0.15, -0.1) is 0 Å². The first kappa shape index (κ1) is 12.4. The summed E-state index contributed by atoms with van der Waals surface area (Å²) < 4.78 is 0. The summed E-state index contributed by atoms with van der Waals surface area (Å²) in [6.45, 7) is 2.56. The highest BCUT2D eigenvalue weighted by Gasteiger charge is 2.32. The van der Waals surface area contributed by atoms with Gasteiger partial charge in [0.2, 0.25) is 5.91 Å². The van der Waals surface area contributed by atoms with Crippen molar-refractivity contribution in [1.29, 1.82) is 0 Å². The maximum atomic E-state index is 11.7. The van der Waals surface area contributed by atoms with Gasteiger partial charge in [-0.25, -0.2) is 0 Å². The summed E-state index contributed by atoms with van der Waals surface area (Å²) in [5, 5.41) is 12.2. The summed E-state index contributed by atoms with van der Waals surface area (Å²) in [6.07, 6.45) is 0.0193. The van der Waals surface area contributed by atoms with Crippen LogP contribution in [0.5, 0.6) is 0 Å². The van der Waals surface area contributed by atoms with E-state index in [-0.39, 0.29) is 18.2 Å². The summed E-state index contributed by atoms with van der Waals surface area (Å²) in [5.41, 5.74) is 1.66. The van der Waals surface area contributed by atoms with Gasteiger partial charge in [0.25, 0.3) is 0 Å². The van der Waals surface area contributed by atoms with Crippen molar-refractivity contribution in [3.63, 3.8) is 0 Å². The number of carboxylic acid groups (broad SMARTS) is 1. The lowest BCUT2D eigenvalue weighted by molar-refractivity contribution is -0.136. The molecule has 1 aliphatic rings. The Morgan fingerprint density at radius 2 is 2.00 bits per heavy atom. The van der Waals surface area contributed by atoms with E-state index in [1.54, 1.807) is 24.2 Å². The van der Waals surface area contributed by atoms with E-state index in [1.165, 1.54) is 0 Å². The predicted molar refractivity (Wildman–Crippen MR) is 67.1 cm³/mol. The van der Waals surface area contributed by atoms with Crippen molar-refractivity contribution in [3.05, 3.63) is 29.8 Å². The molecule has 1 aromatic carbocycles. The highest BCUT2D eigenvalue weighted by atomic mass is 16.4. The fourth-order valence-electron chi connectivity index (χ4n) is 2.14. The number of benzene rings is 1. The van der Waals surface area contributed by atoms with Gasteiger partial charge in [0.05, 0.1) is 24.6 Å². The number of carbonyl (C=O) groups is 2. The molecular formula is C13H16N2O3. The SMILES string of the molecule is CC1CN(c2ccc(CC(=O)O)cc2)N(C)C1=O. The van der Waals surface area contributed by atoms with Gasteiger partial charge in [-0.05, 0) is 17.7 Å². The highest BCUT2D eigenvalue weighted by molar-refractivity contribution is 5.83. The first-order valence-electron chi connectivity index (χ1n) is 5.85. The molecule has 18 heavy (non-hydrogen) atoms. The molecule has 96 valence electrons. The van der Waals surface area contributed by atoms with Crippen LogP contribution in [0, 0.1) is 5.92 Å². The average Bonchev–Trinajstić information content (AvgIpc) is 2.57. The van der Waals surface area contributed by atoms with Crippen LogP contribution < -0.4 is 5.01 Å². The number of amides is 1. The van der Waals surface area contributed by atoms with E-state index in [1.807, 2.05) is 24.1 Å². The van der Waals surface area contributed by atoms with Gasteiger partial charge in [-0.3, -0.25) is 19.6 Å². The number of carboxylic acids is 1. The second-order valence-electron chi connectivity index (χ2n) is 4.58. The van der Waals surface area contributed by atoms with E-state index in [0.29, 0.717) is 6.54 Å². The Labute approximate surface area is 106 Å². The topological polar surface area (TPSA) is 60.9 Å². The molecule has 0 aromatic heterocycles. The van der Waals surface area contributed by atoms with Crippen LogP contribution in [0.2, 0.25) is 0 Å². The molecule has 2 rings (SSSR count). The smallest absolute Gasteiger partial charge is 0.307 e. The second kappa shape index (κ2) is 4.68. The molecule has 0 spiro atoms. The molecule has 5 heteroatoms. The second-order valence-corrected chi connectivity index (χ2v) is 4.58. The van der Waals surface area contributed by atoms with E-state index < -0.39 is 5.97 Å². The lowest BCUT2D eigenvalue weighted by Gasteiger charge is -2.26. The molecule has 1 aliphatic heterocycles. The Morgan fingerprint density at radius 1 is 1.39 bits per heavy atom. The number of rotatable bonds is 3. The van der Waals surface area contributed by atoms with Crippen molar-refractivity contribution in [1.82, 2.24) is 5.01 Å². The van der Waals surface area contributed by atoms with Gasteiger partial charge in [0.15, 0.2) is 0 Å². The van der Waals surface area contributed by atoms with E-state index in [9.17, 15) is 9.59 Å². The van der Waals surface area contributed by atoms with Crippen LogP contribution in [0.15, 0.2) is 24.3 Å². The molecule has 1 amide bonds. The molecule has 1 saturated heterocycles. The van der Waals surface area contributed by atoms with Gasteiger partial charge in [-0.2, -0.15) is 0 Å². The fraction of sp³-hybridized carbons (Fsp3) is 0.385. The van der Waals surface area contributed by atoms with Crippen LogP contribution in [0.25, 0.3) is 0 Å². The predicted octanol–water partition coefficient (Wildman–Crippen LogP) is 1.14. The Balaban J connectivity index is 2.15. The van der Waals surface area contributed by atoms with Gasteiger partial charge in [-0.1, -0.05) is 19.1 Å². The summed E-state index contributed by atoms with van der Waals surface area (Å²) in [5.74, 6) is -0.747. The number of hydrazine groups is 1. The van der Waals surface area contributed by atoms with E-state index in [0.717, 1.165) is 11.3 Å². The third kappa shape index (κ3) is 2.30. The summed E-state index contributed by atoms with van der Waals surface area (Å²) in [4.78, 5) is 22.3. The molecule has 1 heterocycles. The van der Waals surface area contributed by atoms with Crippen molar-refractivity contribution in [3.8, 4) is 0 Å². The molecule has 0 saturated carbocycles. The van der Waals surface area contributed by atoms with Crippen molar-refractivity contribution in [2.45, 2.75) is 13.3 Å². The molecule has 1 aromatic rings. The van der Waals surface area contributed by atoms with Crippen molar-refractivity contribution < 1.29 is 14.7 Å². The molecular weight excluding hydrogens is 232 g/mol. The zero-order chi connectivity index (χ0) is 13.3. The lowest BCUT2D eigenvalue weighted by Crippen LogP contribution is -2.35. The summed E-state index contributed by atoms with van der Waals surface area (Å²) in [6, 6.07) is 7.26. The number of hydrogen-bond donors (Lipinski definition) is 1. The number of anilines is 1. The molecule has 0 radical (unpaired) electrons. The number of carbonyl (C=O) groups excluding carboxylic acids is 1. The van der Waals surface area contributed by atoms with E-state index in [4.69, 9.17) is 5.11 Å². The maximum absolute atomic E-state index is 11.7. The van der Waals surface area contributed by atoms with Crippen LogP contribution in [0.3, 0.4) is 0 Å². The molecule has 1 unspecified atom stereocenters. The summed E-state index contributed by atoms with van der Waals surface area (Å²) >= 11 is 0. The molecule has 1 N–H and O–H groups in total. The monoisotopic (exact) mass is 248 g/mol. The van der Waals surface area contributed by atoms with Crippen LogP contribution >= 0.6 is 0 Å². The minimum absolute atomic E-state index is 0.00584. The van der Waals surface area contributed by atoms with Gasteiger partial charge >= 0.3 is 5.97 Å². The Hall–Kier alpha value is -2.04. The first-order chi connectivity index (χ1) is 8.49. The number of nitrogens with zero attached hydrogens (tertiary/aromatic N) is 2. The van der Waals surface area contributed by atoms with Crippen LogP contribution in [0.4, 0.5) is 5.69 Å². The van der Waals surface area contributed by atoms with Crippen molar-refractivity contribution >= 4 is 17.6 Å². The van der Waals surface area contributed by atoms with Crippen molar-refractivity contribution in [2.24, 2.45) is 5.92 Å². The normalized spacial score (nSPS) is 19.4. The highest BCUT2D eigenvalue weighted by Crippen LogP contribution is 2.24. The number of hydrogen-bond acceptors (Lipinski definition) is 3. The lowest BCUT2D eigenvalue weighted by atomic mass is 10.1. The van der Waals surface area contributed by atoms with Crippen molar-refractivity contribution in [2.75, 3.05) is 18.6 Å². The third-order valence-electron chi connectivity index (χ3n) is 3.14. The maximum Gasteiger partial charge on any atom is 0.307 e. The molecule has 0 bridgehead atoms. The molecule has 1 fully saturated rings. The van der Waals surface area contributed by atoms with Crippen LogP contribution in [-0.4, -0.2) is 35.6 Å². The quantitative estimate of drug-likeness (QED) is 0.871. The van der Waals surface area contributed by atoms with Gasteiger partial charge in [0.1, 0.15) is 0 Å². The zero-order valence-electron chi connectivity index (χ0n) is 10.5. The van der Waals surface area contributed by atoms with Gasteiger partial charge in [0, 0.05) is 7.05 Å². The first-order valence-corrected chi connectivity index (χ1v) is 5.85. The average molecular weight is 248 g/mol. The van der Waals surface area contributed by atoms with Gasteiger partial charge < -0.3 is 5.11 Å². The molecule has 1 atom stereocenters. The Morgan fingerprint density at radius 3 is 2.44 bits per heavy atom. The minimum atomic E-state index is -0.843. The van der Waals surface area contributed by atoms with Crippen LogP contribution in [-0.2, 0) is 16.0 Å². The van der Waals surface area contributed by atoms with E-state index in [2.05, 4.69) is 0 Å². The fourth-order valence-corrected chi connectivity index (χ4v) is 2.14. The minimum Gasteiger partial charge on any atom is -0.481 e. The van der Waals surface area contributed by atoms with E-state index >= 15 is 0 Å².